The zero-order valence-electron chi connectivity index (χ0n) is 10.3. The van der Waals surface area contributed by atoms with Crippen LogP contribution in [0.1, 0.15) is 31.9 Å². The van der Waals surface area contributed by atoms with Crippen LogP contribution in [-0.4, -0.2) is 19.0 Å². The normalized spacial score (nSPS) is 12.2. The van der Waals surface area contributed by atoms with Gasteiger partial charge in [-0.2, -0.15) is 0 Å². The van der Waals surface area contributed by atoms with Gasteiger partial charge in [0.25, 0.3) is 0 Å². The van der Waals surface area contributed by atoms with Crippen molar-refractivity contribution in [1.82, 2.24) is 10.6 Å². The lowest BCUT2D eigenvalue weighted by atomic mass is 10.1. The minimum Gasteiger partial charge on any atom is -0.355 e. The van der Waals surface area contributed by atoms with Crippen molar-refractivity contribution >= 4 is 21.8 Å². The second kappa shape index (κ2) is 7.45. The summed E-state index contributed by atoms with van der Waals surface area (Å²) < 4.78 is 1.05. The lowest BCUT2D eigenvalue weighted by Crippen LogP contribution is -2.35. The number of amides is 1. The summed E-state index contributed by atoms with van der Waals surface area (Å²) in [6.07, 6.45) is 0.965. The molecule has 1 atom stereocenters. The van der Waals surface area contributed by atoms with E-state index in [1.54, 1.807) is 0 Å². The maximum Gasteiger partial charge on any atom is 0.233 e. The highest BCUT2D eigenvalue weighted by Gasteiger charge is 2.07. The molecule has 0 aliphatic rings. The third-order valence-electron chi connectivity index (χ3n) is 2.49. The number of rotatable bonds is 6. The second-order valence-electron chi connectivity index (χ2n) is 4.01. The Morgan fingerprint density at radius 1 is 1.47 bits per heavy atom. The van der Waals surface area contributed by atoms with Gasteiger partial charge in [0.05, 0.1) is 6.54 Å². The van der Waals surface area contributed by atoms with Gasteiger partial charge in [0.15, 0.2) is 0 Å². The summed E-state index contributed by atoms with van der Waals surface area (Å²) >= 11 is 3.44. The molecular weight excluding hydrogens is 280 g/mol. The van der Waals surface area contributed by atoms with E-state index >= 15 is 0 Å². The lowest BCUT2D eigenvalue weighted by molar-refractivity contribution is -0.120. The van der Waals surface area contributed by atoms with Crippen LogP contribution in [0.15, 0.2) is 28.7 Å². The molecule has 0 fully saturated rings. The predicted molar refractivity (Wildman–Crippen MR) is 73.9 cm³/mol. The Labute approximate surface area is 111 Å². The first kappa shape index (κ1) is 14.2. The highest BCUT2D eigenvalue weighted by Crippen LogP contribution is 2.17. The van der Waals surface area contributed by atoms with Crippen LogP contribution in [0.4, 0.5) is 0 Å². The van der Waals surface area contributed by atoms with Gasteiger partial charge < -0.3 is 10.6 Å². The van der Waals surface area contributed by atoms with E-state index in [4.69, 9.17) is 0 Å². The van der Waals surface area contributed by atoms with Crippen molar-refractivity contribution in [2.75, 3.05) is 13.1 Å². The van der Waals surface area contributed by atoms with Gasteiger partial charge in [-0.15, -0.1) is 0 Å². The van der Waals surface area contributed by atoms with E-state index in [1.165, 1.54) is 5.56 Å². The fourth-order valence-corrected chi connectivity index (χ4v) is 1.88. The molecule has 2 N–H and O–H groups in total. The molecule has 0 aromatic heterocycles. The van der Waals surface area contributed by atoms with E-state index in [0.29, 0.717) is 6.54 Å². The van der Waals surface area contributed by atoms with Crippen molar-refractivity contribution in [2.24, 2.45) is 0 Å². The molecule has 0 heterocycles. The number of nitrogens with one attached hydrogen (secondary N) is 2. The van der Waals surface area contributed by atoms with Crippen LogP contribution in [-0.2, 0) is 4.79 Å². The van der Waals surface area contributed by atoms with Gasteiger partial charge in [-0.05, 0) is 31.0 Å². The number of hydrogen-bond acceptors (Lipinski definition) is 2. The number of carbonyl (C=O) groups is 1. The van der Waals surface area contributed by atoms with Crippen LogP contribution in [0.25, 0.3) is 0 Å². The fraction of sp³-hybridized carbons (Fsp3) is 0.462. The summed E-state index contributed by atoms with van der Waals surface area (Å²) in [5.41, 5.74) is 1.17. The van der Waals surface area contributed by atoms with Gasteiger partial charge in [0.2, 0.25) is 5.91 Å². The van der Waals surface area contributed by atoms with E-state index in [-0.39, 0.29) is 11.9 Å². The molecule has 0 radical (unpaired) electrons. The number of halogens is 1. The molecule has 4 heteroatoms. The van der Waals surface area contributed by atoms with Crippen LogP contribution in [0, 0.1) is 0 Å². The second-order valence-corrected chi connectivity index (χ2v) is 4.92. The molecule has 1 unspecified atom stereocenters. The van der Waals surface area contributed by atoms with Gasteiger partial charge in [-0.25, -0.2) is 0 Å². The maximum absolute atomic E-state index is 11.4. The summed E-state index contributed by atoms with van der Waals surface area (Å²) in [5.74, 6) is 0.0497. The molecule has 0 bridgehead atoms. The highest BCUT2D eigenvalue weighted by molar-refractivity contribution is 9.10. The molecular formula is C13H19BrN2O. The van der Waals surface area contributed by atoms with E-state index in [0.717, 1.165) is 17.4 Å². The molecule has 0 spiro atoms. The van der Waals surface area contributed by atoms with Gasteiger partial charge in [-0.1, -0.05) is 35.0 Å². The molecule has 1 aromatic carbocycles. The zero-order chi connectivity index (χ0) is 12.7. The molecule has 0 saturated carbocycles. The van der Waals surface area contributed by atoms with Gasteiger partial charge in [0, 0.05) is 17.1 Å². The zero-order valence-corrected chi connectivity index (χ0v) is 11.9. The van der Waals surface area contributed by atoms with Crippen molar-refractivity contribution < 1.29 is 4.79 Å². The van der Waals surface area contributed by atoms with Gasteiger partial charge in [-0.3, -0.25) is 4.79 Å². The SMILES string of the molecule is CCCNC(=O)CNC(C)c1cccc(Br)c1. The molecule has 94 valence electrons. The largest absolute Gasteiger partial charge is 0.355 e. The molecule has 1 amide bonds. The van der Waals surface area contributed by atoms with Crippen LogP contribution >= 0.6 is 15.9 Å². The average Bonchev–Trinajstić information content (AvgIpc) is 2.33. The summed E-state index contributed by atoms with van der Waals surface area (Å²) in [6, 6.07) is 8.26. The van der Waals surface area contributed by atoms with Crippen molar-refractivity contribution in [1.29, 1.82) is 0 Å². The van der Waals surface area contributed by atoms with Crippen molar-refractivity contribution in [3.8, 4) is 0 Å². The van der Waals surface area contributed by atoms with E-state index in [2.05, 4.69) is 39.6 Å². The van der Waals surface area contributed by atoms with Crippen LogP contribution < -0.4 is 10.6 Å². The Morgan fingerprint density at radius 2 is 2.24 bits per heavy atom. The first-order chi connectivity index (χ1) is 8.13. The predicted octanol–water partition coefficient (Wildman–Crippen LogP) is 2.63. The molecule has 1 aromatic rings. The lowest BCUT2D eigenvalue weighted by Gasteiger charge is -2.14. The molecule has 0 saturated heterocycles. The van der Waals surface area contributed by atoms with E-state index < -0.39 is 0 Å². The summed E-state index contributed by atoms with van der Waals surface area (Å²) in [5, 5.41) is 6.04. The average molecular weight is 299 g/mol. The number of hydrogen-bond donors (Lipinski definition) is 2. The smallest absolute Gasteiger partial charge is 0.233 e. The Hall–Kier alpha value is -0.870. The Kier molecular flexibility index (Phi) is 6.22. The maximum atomic E-state index is 11.4. The number of carbonyl (C=O) groups excluding carboxylic acids is 1. The highest BCUT2D eigenvalue weighted by atomic mass is 79.9. The van der Waals surface area contributed by atoms with Gasteiger partial charge >= 0.3 is 0 Å². The quantitative estimate of drug-likeness (QED) is 0.848. The van der Waals surface area contributed by atoms with Crippen molar-refractivity contribution in [2.45, 2.75) is 26.3 Å². The molecule has 0 aliphatic heterocycles. The summed E-state index contributed by atoms with van der Waals surface area (Å²) in [6.45, 7) is 5.19. The summed E-state index contributed by atoms with van der Waals surface area (Å²) in [7, 11) is 0. The van der Waals surface area contributed by atoms with Crippen LogP contribution in [0.5, 0.6) is 0 Å². The molecule has 3 nitrogen and oxygen atoms in total. The van der Waals surface area contributed by atoms with E-state index in [9.17, 15) is 4.79 Å². The standard InChI is InChI=1S/C13H19BrN2O/c1-3-7-15-13(17)9-16-10(2)11-5-4-6-12(14)8-11/h4-6,8,10,16H,3,7,9H2,1-2H3,(H,15,17). The minimum atomic E-state index is 0.0497. The molecule has 0 aliphatic carbocycles. The first-order valence-corrected chi connectivity index (χ1v) is 6.68. The van der Waals surface area contributed by atoms with Crippen LogP contribution in [0.2, 0.25) is 0 Å². The monoisotopic (exact) mass is 298 g/mol. The molecule has 1 rings (SSSR count). The third-order valence-corrected chi connectivity index (χ3v) is 2.98. The van der Waals surface area contributed by atoms with Crippen LogP contribution in [0.3, 0.4) is 0 Å². The Balaban J connectivity index is 2.39. The Bertz CT molecular complexity index is 368. The van der Waals surface area contributed by atoms with E-state index in [1.807, 2.05) is 25.1 Å². The summed E-state index contributed by atoms with van der Waals surface area (Å²) in [4.78, 5) is 11.4. The van der Waals surface area contributed by atoms with Crippen molar-refractivity contribution in [3.63, 3.8) is 0 Å². The fourth-order valence-electron chi connectivity index (χ4n) is 1.47. The number of benzene rings is 1. The minimum absolute atomic E-state index is 0.0497. The molecule has 17 heavy (non-hydrogen) atoms. The Morgan fingerprint density at radius 3 is 2.88 bits per heavy atom. The van der Waals surface area contributed by atoms with Gasteiger partial charge in [0.1, 0.15) is 0 Å². The first-order valence-electron chi connectivity index (χ1n) is 5.89. The third kappa shape index (κ3) is 5.33. The van der Waals surface area contributed by atoms with Crippen molar-refractivity contribution in [3.05, 3.63) is 34.3 Å². The topological polar surface area (TPSA) is 41.1 Å².